The molecule has 0 aliphatic carbocycles. The Morgan fingerprint density at radius 3 is 2.59 bits per heavy atom. The van der Waals surface area contributed by atoms with Gasteiger partial charge in [0.2, 0.25) is 5.91 Å². The van der Waals surface area contributed by atoms with Gasteiger partial charge in [0.15, 0.2) is 0 Å². The van der Waals surface area contributed by atoms with Gasteiger partial charge in [-0.15, -0.1) is 24.8 Å². The summed E-state index contributed by atoms with van der Waals surface area (Å²) in [7, 11) is 0. The van der Waals surface area contributed by atoms with E-state index in [9.17, 15) is 4.79 Å². The summed E-state index contributed by atoms with van der Waals surface area (Å²) in [6.07, 6.45) is 5.20. The molecule has 2 heterocycles. The molecule has 0 aromatic carbocycles. The number of pyridine rings is 1. The molecule has 0 atom stereocenters. The van der Waals surface area contributed by atoms with E-state index in [-0.39, 0.29) is 30.7 Å². The van der Waals surface area contributed by atoms with E-state index in [0.29, 0.717) is 18.2 Å². The third-order valence-electron chi connectivity index (χ3n) is 3.68. The number of likely N-dealkylation sites (tertiary alicyclic amines) is 1. The van der Waals surface area contributed by atoms with Gasteiger partial charge in [-0.2, -0.15) is 0 Å². The van der Waals surface area contributed by atoms with Crippen molar-refractivity contribution in [3.63, 3.8) is 0 Å². The van der Waals surface area contributed by atoms with E-state index in [1.165, 1.54) is 6.42 Å². The van der Waals surface area contributed by atoms with E-state index in [2.05, 4.69) is 22.1 Å². The third kappa shape index (κ3) is 6.81. The summed E-state index contributed by atoms with van der Waals surface area (Å²) in [5.41, 5.74) is 6.96. The lowest BCUT2D eigenvalue weighted by Crippen LogP contribution is -2.45. The summed E-state index contributed by atoms with van der Waals surface area (Å²) in [5.74, 6) is 0.0520. The zero-order chi connectivity index (χ0) is 14.4. The molecule has 1 saturated heterocycles. The van der Waals surface area contributed by atoms with Gasteiger partial charge >= 0.3 is 0 Å². The predicted molar refractivity (Wildman–Crippen MR) is 94.7 cm³/mol. The van der Waals surface area contributed by atoms with Crippen LogP contribution >= 0.6 is 24.8 Å². The maximum Gasteiger partial charge on any atom is 0.226 e. The topological polar surface area (TPSA) is 71.2 Å². The molecule has 5 nitrogen and oxygen atoms in total. The third-order valence-corrected chi connectivity index (χ3v) is 3.68. The van der Waals surface area contributed by atoms with Gasteiger partial charge in [0.25, 0.3) is 0 Å². The number of halogens is 2. The number of nitrogens with one attached hydrogen (secondary N) is 1. The summed E-state index contributed by atoms with van der Waals surface area (Å²) in [5, 5.41) is 3.11. The Balaban J connectivity index is 0.00000220. The van der Waals surface area contributed by atoms with Gasteiger partial charge in [0.1, 0.15) is 0 Å². The highest BCUT2D eigenvalue weighted by atomic mass is 35.5. The molecule has 1 fully saturated rings. The lowest BCUT2D eigenvalue weighted by Gasteiger charge is -2.32. The zero-order valence-electron chi connectivity index (χ0n) is 13.0. The second kappa shape index (κ2) is 10.6. The van der Waals surface area contributed by atoms with Crippen LogP contribution < -0.4 is 11.1 Å². The lowest BCUT2D eigenvalue weighted by molar-refractivity contribution is -0.121. The first kappa shape index (κ1) is 21.0. The maximum absolute atomic E-state index is 12.0. The number of carbonyl (C=O) groups is 1. The van der Waals surface area contributed by atoms with Gasteiger partial charge in [0, 0.05) is 24.8 Å². The molecule has 22 heavy (non-hydrogen) atoms. The number of hydrogen-bond donors (Lipinski definition) is 2. The van der Waals surface area contributed by atoms with Gasteiger partial charge in [-0.3, -0.25) is 9.78 Å². The molecule has 0 bridgehead atoms. The Hall–Kier alpha value is -1.04. The smallest absolute Gasteiger partial charge is 0.226 e. The summed E-state index contributed by atoms with van der Waals surface area (Å²) in [6, 6.07) is 3.89. The van der Waals surface area contributed by atoms with Crippen LogP contribution in [0.3, 0.4) is 0 Å². The number of carbonyl (C=O) groups excluding carboxylic acids is 1. The van der Waals surface area contributed by atoms with Crippen molar-refractivity contribution in [3.8, 4) is 0 Å². The predicted octanol–water partition coefficient (Wildman–Crippen LogP) is 2.04. The number of piperidine rings is 1. The summed E-state index contributed by atoms with van der Waals surface area (Å²) < 4.78 is 0. The number of rotatable bonds is 5. The second-order valence-corrected chi connectivity index (χ2v) is 5.44. The Morgan fingerprint density at radius 1 is 1.36 bits per heavy atom. The molecule has 1 aromatic heterocycles. The SMILES string of the molecule is CCCN1CCC(NC(=O)Cc2ccc(N)cn2)CC1.Cl.Cl. The number of nitrogens with two attached hydrogens (primary N) is 1. The van der Waals surface area contributed by atoms with Crippen molar-refractivity contribution in [2.24, 2.45) is 0 Å². The number of amides is 1. The molecule has 2 rings (SSSR count). The standard InChI is InChI=1S/C15H24N4O.2ClH/c1-2-7-19-8-5-13(6-9-19)18-15(20)10-14-4-3-12(16)11-17-14;;/h3-4,11,13H,2,5-10,16H2,1H3,(H,18,20);2*1H. The highest BCUT2D eigenvalue weighted by molar-refractivity contribution is 5.85. The van der Waals surface area contributed by atoms with E-state index < -0.39 is 0 Å². The van der Waals surface area contributed by atoms with Gasteiger partial charge < -0.3 is 16.0 Å². The van der Waals surface area contributed by atoms with E-state index in [1.807, 2.05) is 0 Å². The van der Waals surface area contributed by atoms with E-state index in [4.69, 9.17) is 5.73 Å². The molecule has 0 radical (unpaired) electrons. The fraction of sp³-hybridized carbons (Fsp3) is 0.600. The molecule has 3 N–H and O–H groups in total. The molecular formula is C15H26Cl2N4O. The van der Waals surface area contributed by atoms with Crippen LogP contribution in [0.4, 0.5) is 5.69 Å². The molecule has 1 aromatic rings. The molecule has 126 valence electrons. The average molecular weight is 349 g/mol. The van der Waals surface area contributed by atoms with Crippen molar-refractivity contribution < 1.29 is 4.79 Å². The van der Waals surface area contributed by atoms with Crippen molar-refractivity contribution in [2.75, 3.05) is 25.4 Å². The average Bonchev–Trinajstić information content (AvgIpc) is 2.44. The zero-order valence-corrected chi connectivity index (χ0v) is 14.6. The number of nitrogen functional groups attached to an aromatic ring is 1. The monoisotopic (exact) mass is 348 g/mol. The quantitative estimate of drug-likeness (QED) is 0.853. The second-order valence-electron chi connectivity index (χ2n) is 5.44. The van der Waals surface area contributed by atoms with Gasteiger partial charge in [-0.1, -0.05) is 6.92 Å². The van der Waals surface area contributed by atoms with Crippen LogP contribution in [0.25, 0.3) is 0 Å². The number of hydrogen-bond acceptors (Lipinski definition) is 4. The molecule has 7 heteroatoms. The molecule has 1 aliphatic heterocycles. The van der Waals surface area contributed by atoms with Crippen molar-refractivity contribution in [2.45, 2.75) is 38.6 Å². The van der Waals surface area contributed by atoms with Crippen molar-refractivity contribution >= 4 is 36.4 Å². The number of nitrogens with zero attached hydrogens (tertiary/aromatic N) is 2. The summed E-state index contributed by atoms with van der Waals surface area (Å²) in [4.78, 5) is 18.6. The first-order valence-corrected chi connectivity index (χ1v) is 7.39. The summed E-state index contributed by atoms with van der Waals surface area (Å²) in [6.45, 7) is 5.53. The van der Waals surface area contributed by atoms with Crippen LogP contribution in [-0.2, 0) is 11.2 Å². The minimum Gasteiger partial charge on any atom is -0.397 e. The molecule has 1 aliphatic rings. The van der Waals surface area contributed by atoms with Crippen molar-refractivity contribution in [3.05, 3.63) is 24.0 Å². The van der Waals surface area contributed by atoms with Crippen LogP contribution in [0, 0.1) is 0 Å². The normalized spacial score (nSPS) is 15.5. The molecule has 0 saturated carbocycles. The van der Waals surface area contributed by atoms with E-state index >= 15 is 0 Å². The van der Waals surface area contributed by atoms with Crippen LogP contribution in [0.2, 0.25) is 0 Å². The Morgan fingerprint density at radius 2 is 2.05 bits per heavy atom. The molecule has 1 amide bonds. The number of aromatic nitrogens is 1. The molecule has 0 unspecified atom stereocenters. The fourth-order valence-electron chi connectivity index (χ4n) is 2.60. The van der Waals surface area contributed by atoms with Crippen LogP contribution in [0.15, 0.2) is 18.3 Å². The summed E-state index contributed by atoms with van der Waals surface area (Å²) >= 11 is 0. The van der Waals surface area contributed by atoms with Gasteiger partial charge in [0.05, 0.1) is 18.3 Å². The van der Waals surface area contributed by atoms with E-state index in [0.717, 1.165) is 38.2 Å². The van der Waals surface area contributed by atoms with Crippen molar-refractivity contribution in [1.82, 2.24) is 15.2 Å². The number of anilines is 1. The molecular weight excluding hydrogens is 323 g/mol. The first-order valence-electron chi connectivity index (χ1n) is 7.39. The van der Waals surface area contributed by atoms with Crippen LogP contribution in [0.1, 0.15) is 31.9 Å². The lowest BCUT2D eigenvalue weighted by atomic mass is 10.0. The first-order chi connectivity index (χ1) is 9.67. The highest BCUT2D eigenvalue weighted by Gasteiger charge is 2.20. The molecule has 0 spiro atoms. The minimum atomic E-state index is 0. The van der Waals surface area contributed by atoms with Crippen molar-refractivity contribution in [1.29, 1.82) is 0 Å². The largest absolute Gasteiger partial charge is 0.397 e. The highest BCUT2D eigenvalue weighted by Crippen LogP contribution is 2.11. The van der Waals surface area contributed by atoms with Crippen LogP contribution in [0.5, 0.6) is 0 Å². The Labute approximate surface area is 144 Å². The Kier molecular flexibility index (Phi) is 10.1. The van der Waals surface area contributed by atoms with Crippen LogP contribution in [-0.4, -0.2) is 41.5 Å². The Bertz CT molecular complexity index is 434. The fourth-order valence-corrected chi connectivity index (χ4v) is 2.60. The minimum absolute atomic E-state index is 0. The van der Waals surface area contributed by atoms with Gasteiger partial charge in [-0.05, 0) is 37.9 Å². The van der Waals surface area contributed by atoms with E-state index in [1.54, 1.807) is 18.3 Å². The maximum atomic E-state index is 12.0. The van der Waals surface area contributed by atoms with Gasteiger partial charge in [-0.25, -0.2) is 0 Å².